The molecule has 3 nitrogen and oxygen atoms in total. The number of benzene rings is 1. The molecule has 1 aromatic heterocycles. The van der Waals surface area contributed by atoms with Crippen LogP contribution in [-0.4, -0.2) is 22.9 Å². The summed E-state index contributed by atoms with van der Waals surface area (Å²) >= 11 is 0. The summed E-state index contributed by atoms with van der Waals surface area (Å²) in [4.78, 5) is 14.7. The highest BCUT2D eigenvalue weighted by Gasteiger charge is 2.44. The first-order chi connectivity index (χ1) is 10.7. The second-order valence-corrected chi connectivity index (χ2v) is 6.65. The van der Waals surface area contributed by atoms with E-state index in [-0.39, 0.29) is 5.91 Å². The van der Waals surface area contributed by atoms with Crippen molar-refractivity contribution in [3.8, 4) is 0 Å². The average molecular weight is 295 g/mol. The molecule has 1 aromatic carbocycles. The van der Waals surface area contributed by atoms with Gasteiger partial charge in [-0.3, -0.25) is 4.79 Å². The fourth-order valence-corrected chi connectivity index (χ4v) is 4.15. The Morgan fingerprint density at radius 2 is 1.77 bits per heavy atom. The minimum absolute atomic E-state index is 0.0693. The van der Waals surface area contributed by atoms with Crippen LogP contribution in [0.5, 0.6) is 0 Å². The third-order valence-electron chi connectivity index (χ3n) is 5.25. The fourth-order valence-electron chi connectivity index (χ4n) is 4.15. The molecule has 2 aliphatic heterocycles. The summed E-state index contributed by atoms with van der Waals surface area (Å²) in [5, 5.41) is 0. The number of hydrogen-bond acceptors (Lipinski definition) is 2. The standard InChI is InChI=1S/C19H21NO2/c1-13-4-6-14(7-5-13)15-11-16-8-9-17(12-15)20(16)19(21)18-3-2-10-22-18/h2-7,10,15-17H,8-9,11-12H2,1H3/t15?,16-,17+. The first-order valence-electron chi connectivity index (χ1n) is 8.15. The molecule has 3 heteroatoms. The molecule has 2 saturated heterocycles. The predicted octanol–water partition coefficient (Wildman–Crippen LogP) is 4.14. The normalized spacial score (nSPS) is 27.1. The molecule has 22 heavy (non-hydrogen) atoms. The lowest BCUT2D eigenvalue weighted by Crippen LogP contribution is -2.45. The van der Waals surface area contributed by atoms with Crippen LogP contribution in [0.2, 0.25) is 0 Å². The number of amides is 1. The van der Waals surface area contributed by atoms with Gasteiger partial charge in [0.15, 0.2) is 5.76 Å². The quantitative estimate of drug-likeness (QED) is 0.834. The van der Waals surface area contributed by atoms with Gasteiger partial charge in [0.05, 0.1) is 6.26 Å². The van der Waals surface area contributed by atoms with Gasteiger partial charge >= 0.3 is 0 Å². The number of nitrogens with zero attached hydrogens (tertiary/aromatic N) is 1. The lowest BCUT2D eigenvalue weighted by molar-refractivity contribution is 0.0539. The van der Waals surface area contributed by atoms with E-state index in [1.54, 1.807) is 18.4 Å². The summed E-state index contributed by atoms with van der Waals surface area (Å²) in [7, 11) is 0. The number of aryl methyl sites for hydroxylation is 1. The highest BCUT2D eigenvalue weighted by atomic mass is 16.3. The molecule has 1 unspecified atom stereocenters. The summed E-state index contributed by atoms with van der Waals surface area (Å²) in [5.41, 5.74) is 2.73. The summed E-state index contributed by atoms with van der Waals surface area (Å²) in [6.45, 7) is 2.12. The van der Waals surface area contributed by atoms with Gasteiger partial charge in [-0.15, -0.1) is 0 Å². The largest absolute Gasteiger partial charge is 0.459 e. The molecule has 0 spiro atoms. The second-order valence-electron chi connectivity index (χ2n) is 6.65. The van der Waals surface area contributed by atoms with Crippen LogP contribution in [-0.2, 0) is 0 Å². The van der Waals surface area contributed by atoms with Gasteiger partial charge in [0.1, 0.15) is 0 Å². The molecular formula is C19H21NO2. The molecule has 4 rings (SSSR count). The molecule has 2 aliphatic rings. The van der Waals surface area contributed by atoms with Crippen LogP contribution in [0.1, 0.15) is 53.3 Å². The first-order valence-corrected chi connectivity index (χ1v) is 8.15. The minimum Gasteiger partial charge on any atom is -0.459 e. The van der Waals surface area contributed by atoms with Gasteiger partial charge in [-0.25, -0.2) is 0 Å². The molecule has 2 bridgehead atoms. The topological polar surface area (TPSA) is 33.5 Å². The molecular weight excluding hydrogens is 274 g/mol. The van der Waals surface area contributed by atoms with Gasteiger partial charge in [0.2, 0.25) is 0 Å². The van der Waals surface area contributed by atoms with Crippen molar-refractivity contribution in [3.05, 3.63) is 59.5 Å². The van der Waals surface area contributed by atoms with Crippen LogP contribution in [0.3, 0.4) is 0 Å². The first kappa shape index (κ1) is 13.6. The van der Waals surface area contributed by atoms with Gasteiger partial charge in [0, 0.05) is 12.1 Å². The van der Waals surface area contributed by atoms with Crippen molar-refractivity contribution < 1.29 is 9.21 Å². The number of carbonyl (C=O) groups is 1. The van der Waals surface area contributed by atoms with E-state index in [1.807, 2.05) is 0 Å². The fraction of sp³-hybridized carbons (Fsp3) is 0.421. The Balaban J connectivity index is 1.54. The summed E-state index contributed by atoms with van der Waals surface area (Å²) < 4.78 is 5.31. The maximum atomic E-state index is 12.6. The van der Waals surface area contributed by atoms with E-state index >= 15 is 0 Å². The van der Waals surface area contributed by atoms with E-state index in [4.69, 9.17) is 4.42 Å². The maximum absolute atomic E-state index is 12.6. The van der Waals surface area contributed by atoms with Gasteiger partial charge in [-0.05, 0) is 56.2 Å². The molecule has 2 fully saturated rings. The molecule has 0 radical (unpaired) electrons. The lowest BCUT2D eigenvalue weighted by Gasteiger charge is -2.38. The smallest absolute Gasteiger partial charge is 0.290 e. The Morgan fingerprint density at radius 3 is 2.36 bits per heavy atom. The molecule has 0 saturated carbocycles. The van der Waals surface area contributed by atoms with Crippen molar-refractivity contribution in [3.63, 3.8) is 0 Å². The van der Waals surface area contributed by atoms with E-state index in [0.717, 1.165) is 25.7 Å². The molecule has 2 aromatic rings. The third kappa shape index (κ3) is 2.25. The van der Waals surface area contributed by atoms with Gasteiger partial charge in [-0.1, -0.05) is 29.8 Å². The molecule has 0 N–H and O–H groups in total. The Hall–Kier alpha value is -2.03. The Morgan fingerprint density at radius 1 is 1.09 bits per heavy atom. The Kier molecular flexibility index (Phi) is 3.29. The summed E-state index contributed by atoms with van der Waals surface area (Å²) in [6.07, 6.45) is 5.98. The van der Waals surface area contributed by atoms with Crippen molar-refractivity contribution in [1.29, 1.82) is 0 Å². The summed E-state index contributed by atoms with van der Waals surface area (Å²) in [6, 6.07) is 13.2. The number of carbonyl (C=O) groups excluding carboxylic acids is 1. The molecule has 0 aliphatic carbocycles. The van der Waals surface area contributed by atoms with E-state index in [2.05, 4.69) is 36.1 Å². The van der Waals surface area contributed by atoms with Crippen LogP contribution in [0.25, 0.3) is 0 Å². The SMILES string of the molecule is Cc1ccc(C2C[C@H]3CC[C@@H](C2)N3C(=O)c2ccco2)cc1. The van der Waals surface area contributed by atoms with Crippen molar-refractivity contribution in [2.24, 2.45) is 0 Å². The zero-order valence-electron chi connectivity index (χ0n) is 12.9. The third-order valence-corrected chi connectivity index (χ3v) is 5.25. The Labute approximate surface area is 130 Å². The van der Waals surface area contributed by atoms with E-state index in [1.165, 1.54) is 11.1 Å². The van der Waals surface area contributed by atoms with Gasteiger partial charge in [0.25, 0.3) is 5.91 Å². The summed E-state index contributed by atoms with van der Waals surface area (Å²) in [5.74, 6) is 1.13. The molecule has 3 heterocycles. The molecule has 3 atom stereocenters. The number of fused-ring (bicyclic) bond motifs is 2. The number of hydrogen-bond donors (Lipinski definition) is 0. The lowest BCUT2D eigenvalue weighted by atomic mass is 9.84. The van der Waals surface area contributed by atoms with E-state index in [9.17, 15) is 4.79 Å². The number of rotatable bonds is 2. The van der Waals surface area contributed by atoms with Crippen molar-refractivity contribution >= 4 is 5.91 Å². The van der Waals surface area contributed by atoms with Crippen LogP contribution in [0.4, 0.5) is 0 Å². The predicted molar refractivity (Wildman–Crippen MR) is 84.8 cm³/mol. The minimum atomic E-state index is 0.0693. The van der Waals surface area contributed by atoms with Crippen LogP contribution < -0.4 is 0 Å². The monoisotopic (exact) mass is 295 g/mol. The average Bonchev–Trinajstić information content (AvgIpc) is 3.14. The number of piperidine rings is 1. The van der Waals surface area contributed by atoms with Crippen molar-refractivity contribution in [2.45, 2.75) is 50.6 Å². The van der Waals surface area contributed by atoms with Crippen LogP contribution in [0.15, 0.2) is 47.1 Å². The highest BCUT2D eigenvalue weighted by Crippen LogP contribution is 2.43. The second kappa shape index (κ2) is 5.31. The van der Waals surface area contributed by atoms with Gasteiger partial charge < -0.3 is 9.32 Å². The van der Waals surface area contributed by atoms with E-state index in [0.29, 0.717) is 23.8 Å². The van der Waals surface area contributed by atoms with Crippen LogP contribution in [0, 0.1) is 6.92 Å². The van der Waals surface area contributed by atoms with Crippen molar-refractivity contribution in [1.82, 2.24) is 4.90 Å². The highest BCUT2D eigenvalue weighted by molar-refractivity contribution is 5.92. The molecule has 114 valence electrons. The van der Waals surface area contributed by atoms with E-state index < -0.39 is 0 Å². The van der Waals surface area contributed by atoms with Gasteiger partial charge in [-0.2, -0.15) is 0 Å². The van der Waals surface area contributed by atoms with Crippen LogP contribution >= 0.6 is 0 Å². The maximum Gasteiger partial charge on any atom is 0.290 e. The molecule has 1 amide bonds. The number of furan rings is 1. The van der Waals surface area contributed by atoms with Crippen molar-refractivity contribution in [2.75, 3.05) is 0 Å². The zero-order chi connectivity index (χ0) is 15.1. The zero-order valence-corrected chi connectivity index (χ0v) is 12.9. The Bertz CT molecular complexity index is 645.